The Bertz CT molecular complexity index is 174. The molecular formula is C7H12N2O. The Labute approximate surface area is 60.2 Å². The van der Waals surface area contributed by atoms with Gasteiger partial charge in [-0.15, -0.1) is 0 Å². The molecule has 1 unspecified atom stereocenters. The van der Waals surface area contributed by atoms with Gasteiger partial charge >= 0.3 is 0 Å². The average Bonchev–Trinajstić information content (AvgIpc) is 2.59. The van der Waals surface area contributed by atoms with Crippen molar-refractivity contribution in [2.45, 2.75) is 6.42 Å². The second kappa shape index (κ2) is 1.72. The van der Waals surface area contributed by atoms with Crippen LogP contribution in [0, 0.1) is 11.3 Å². The zero-order valence-corrected chi connectivity index (χ0v) is 6.11. The monoisotopic (exact) mass is 140 g/mol. The van der Waals surface area contributed by atoms with Crippen LogP contribution >= 0.6 is 0 Å². The van der Waals surface area contributed by atoms with Gasteiger partial charge in [0.15, 0.2) is 0 Å². The molecule has 1 saturated heterocycles. The van der Waals surface area contributed by atoms with Crippen molar-refractivity contribution in [1.29, 1.82) is 0 Å². The first-order valence-corrected chi connectivity index (χ1v) is 3.71. The third-order valence-electron chi connectivity index (χ3n) is 2.71. The molecule has 1 spiro atoms. The van der Waals surface area contributed by atoms with E-state index in [4.69, 9.17) is 0 Å². The molecule has 2 fully saturated rings. The summed E-state index contributed by atoms with van der Waals surface area (Å²) in [7, 11) is 1.71. The molecule has 0 aromatic heterocycles. The van der Waals surface area contributed by atoms with Crippen molar-refractivity contribution in [3.8, 4) is 0 Å². The van der Waals surface area contributed by atoms with E-state index in [1.807, 2.05) is 0 Å². The van der Waals surface area contributed by atoms with Crippen LogP contribution in [0.1, 0.15) is 6.42 Å². The van der Waals surface area contributed by atoms with Gasteiger partial charge in [0.2, 0.25) is 5.91 Å². The van der Waals surface area contributed by atoms with E-state index in [-0.39, 0.29) is 5.91 Å². The SMILES string of the molecule is CNC(=O)C1CC12CNC2. The fraction of sp³-hybridized carbons (Fsp3) is 0.857. The quantitative estimate of drug-likeness (QED) is 0.508. The Morgan fingerprint density at radius 3 is 2.70 bits per heavy atom. The van der Waals surface area contributed by atoms with E-state index in [0.717, 1.165) is 19.5 Å². The van der Waals surface area contributed by atoms with Gasteiger partial charge in [0.05, 0.1) is 0 Å². The molecule has 2 N–H and O–H groups in total. The minimum atomic E-state index is 0.224. The Kier molecular flexibility index (Phi) is 1.06. The lowest BCUT2D eigenvalue weighted by atomic mass is 9.96. The van der Waals surface area contributed by atoms with Crippen molar-refractivity contribution in [2.75, 3.05) is 20.1 Å². The fourth-order valence-corrected chi connectivity index (χ4v) is 1.73. The fourth-order valence-electron chi connectivity index (χ4n) is 1.73. The Hall–Kier alpha value is -0.570. The van der Waals surface area contributed by atoms with Crippen LogP contribution in [0.2, 0.25) is 0 Å². The largest absolute Gasteiger partial charge is 0.359 e. The maximum absolute atomic E-state index is 11.0. The van der Waals surface area contributed by atoms with Crippen LogP contribution in [-0.4, -0.2) is 26.0 Å². The molecule has 2 aliphatic rings. The van der Waals surface area contributed by atoms with E-state index < -0.39 is 0 Å². The second-order valence-corrected chi connectivity index (χ2v) is 3.34. The number of carbonyl (C=O) groups is 1. The standard InChI is InChI=1S/C7H12N2O/c1-8-6(10)5-2-7(5)3-9-4-7/h5,9H,2-4H2,1H3,(H,8,10). The predicted molar refractivity (Wildman–Crippen MR) is 37.5 cm³/mol. The molecule has 3 nitrogen and oxygen atoms in total. The van der Waals surface area contributed by atoms with Crippen molar-refractivity contribution >= 4 is 5.91 Å². The minimum absolute atomic E-state index is 0.224. The highest BCUT2D eigenvalue weighted by Gasteiger charge is 2.61. The maximum atomic E-state index is 11.0. The highest BCUT2D eigenvalue weighted by Crippen LogP contribution is 2.55. The zero-order chi connectivity index (χ0) is 7.19. The molecule has 0 aromatic carbocycles. The molecule has 3 heteroatoms. The van der Waals surface area contributed by atoms with Gasteiger partial charge in [-0.25, -0.2) is 0 Å². The second-order valence-electron chi connectivity index (χ2n) is 3.34. The summed E-state index contributed by atoms with van der Waals surface area (Å²) >= 11 is 0. The van der Waals surface area contributed by atoms with E-state index in [9.17, 15) is 4.79 Å². The van der Waals surface area contributed by atoms with E-state index in [1.54, 1.807) is 7.05 Å². The number of rotatable bonds is 1. The molecule has 0 radical (unpaired) electrons. The molecule has 1 aliphatic heterocycles. The first-order valence-electron chi connectivity index (χ1n) is 3.71. The summed E-state index contributed by atoms with van der Waals surface area (Å²) < 4.78 is 0. The van der Waals surface area contributed by atoms with Crippen molar-refractivity contribution in [3.05, 3.63) is 0 Å². The first-order chi connectivity index (χ1) is 4.78. The van der Waals surface area contributed by atoms with Crippen LogP contribution in [0.25, 0.3) is 0 Å². The van der Waals surface area contributed by atoms with Gasteiger partial charge in [-0.2, -0.15) is 0 Å². The van der Waals surface area contributed by atoms with Crippen LogP contribution < -0.4 is 10.6 Å². The van der Waals surface area contributed by atoms with E-state index in [1.165, 1.54) is 0 Å². The van der Waals surface area contributed by atoms with E-state index >= 15 is 0 Å². The summed E-state index contributed by atoms with van der Waals surface area (Å²) in [5.74, 6) is 0.542. The van der Waals surface area contributed by atoms with Gasteiger partial charge in [-0.3, -0.25) is 4.79 Å². The third-order valence-corrected chi connectivity index (χ3v) is 2.71. The molecular weight excluding hydrogens is 128 g/mol. The summed E-state index contributed by atoms with van der Waals surface area (Å²) in [4.78, 5) is 11.0. The van der Waals surface area contributed by atoms with Gasteiger partial charge in [0.1, 0.15) is 0 Å². The van der Waals surface area contributed by atoms with Crippen LogP contribution in [0.4, 0.5) is 0 Å². The van der Waals surface area contributed by atoms with E-state index in [2.05, 4.69) is 10.6 Å². The molecule has 2 rings (SSSR count). The van der Waals surface area contributed by atoms with E-state index in [0.29, 0.717) is 11.3 Å². The topological polar surface area (TPSA) is 41.1 Å². The smallest absolute Gasteiger partial charge is 0.223 e. The average molecular weight is 140 g/mol. The molecule has 1 heterocycles. The number of nitrogens with one attached hydrogen (secondary N) is 2. The Morgan fingerprint density at radius 1 is 1.70 bits per heavy atom. The van der Waals surface area contributed by atoms with Gasteiger partial charge < -0.3 is 10.6 Å². The van der Waals surface area contributed by atoms with Gasteiger partial charge in [-0.1, -0.05) is 0 Å². The van der Waals surface area contributed by atoms with Crippen LogP contribution in [0.3, 0.4) is 0 Å². The number of carbonyl (C=O) groups excluding carboxylic acids is 1. The normalized spacial score (nSPS) is 33.1. The molecule has 0 bridgehead atoms. The molecule has 10 heavy (non-hydrogen) atoms. The molecule has 1 aliphatic carbocycles. The van der Waals surface area contributed by atoms with Crippen LogP contribution in [-0.2, 0) is 4.79 Å². The van der Waals surface area contributed by atoms with Crippen LogP contribution in [0.5, 0.6) is 0 Å². The molecule has 1 saturated carbocycles. The molecule has 0 aromatic rings. The molecule has 56 valence electrons. The summed E-state index contributed by atoms with van der Waals surface area (Å²) in [6.45, 7) is 2.09. The van der Waals surface area contributed by atoms with Gasteiger partial charge in [0, 0.05) is 31.5 Å². The summed E-state index contributed by atoms with van der Waals surface area (Å²) in [6.07, 6.45) is 1.10. The lowest BCUT2D eigenvalue weighted by molar-refractivity contribution is -0.122. The Balaban J connectivity index is 1.94. The molecule has 1 amide bonds. The van der Waals surface area contributed by atoms with Crippen molar-refractivity contribution in [3.63, 3.8) is 0 Å². The zero-order valence-electron chi connectivity index (χ0n) is 6.11. The van der Waals surface area contributed by atoms with Gasteiger partial charge in [0.25, 0.3) is 0 Å². The lowest BCUT2D eigenvalue weighted by Gasteiger charge is -2.27. The third kappa shape index (κ3) is 0.611. The van der Waals surface area contributed by atoms with Crippen molar-refractivity contribution < 1.29 is 4.79 Å². The van der Waals surface area contributed by atoms with Crippen molar-refractivity contribution in [2.24, 2.45) is 11.3 Å². The molecule has 1 atom stereocenters. The highest BCUT2D eigenvalue weighted by molar-refractivity contribution is 5.82. The number of amides is 1. The minimum Gasteiger partial charge on any atom is -0.359 e. The first kappa shape index (κ1) is 6.16. The highest BCUT2D eigenvalue weighted by atomic mass is 16.2. The van der Waals surface area contributed by atoms with Gasteiger partial charge in [-0.05, 0) is 6.42 Å². The Morgan fingerprint density at radius 2 is 2.40 bits per heavy atom. The summed E-state index contributed by atoms with van der Waals surface area (Å²) in [5.41, 5.74) is 0.389. The van der Waals surface area contributed by atoms with Crippen molar-refractivity contribution in [1.82, 2.24) is 10.6 Å². The maximum Gasteiger partial charge on any atom is 0.223 e. The summed E-state index contributed by atoms with van der Waals surface area (Å²) in [5, 5.41) is 5.88. The predicted octanol–water partition coefficient (Wildman–Crippen LogP) is -0.658. The number of hydrogen-bond donors (Lipinski definition) is 2. The number of hydrogen-bond acceptors (Lipinski definition) is 2. The summed E-state index contributed by atoms with van der Waals surface area (Å²) in [6, 6.07) is 0. The lowest BCUT2D eigenvalue weighted by Crippen LogP contribution is -2.46. The van der Waals surface area contributed by atoms with Crippen LogP contribution in [0.15, 0.2) is 0 Å².